The van der Waals surface area contributed by atoms with Crippen LogP contribution in [0, 0.1) is 22.7 Å². The van der Waals surface area contributed by atoms with E-state index >= 15 is 0 Å². The standard InChI is InChI=1S/C33H41NO5/c1-28(2)16-20(28)27-37-23-25(29(3,4)39-27)36-22-12-13-30(5)31(6)17(11-14-32(30,35)33(22)26(23)38-33)15-19-18-9-7-8-10-21(18)34-24(19)31/h7-10,12,17,20,23,25-27,34-35H,11,13-16H2,1-6H3/t17-,20?,23+,25-,26+,27-,30+,31+,32-,33-/m0/s1. The van der Waals surface area contributed by atoms with Gasteiger partial charge in [-0.15, -0.1) is 0 Å². The van der Waals surface area contributed by atoms with E-state index in [1.54, 1.807) is 0 Å². The summed E-state index contributed by atoms with van der Waals surface area (Å²) < 4.78 is 26.8. The molecule has 2 aromatic rings. The molecule has 0 bridgehead atoms. The number of nitrogens with one attached hydrogen (secondary N) is 1. The second kappa shape index (κ2) is 6.61. The zero-order valence-electron chi connectivity index (χ0n) is 24.0. The SMILES string of the molecule is CC1(C)CC1[C@H]1O[C@H]2[C@H]3O[C@@]34C(=CC[C@@]3(C)[C@@]4(O)CC[C@H]4Cc5c([nH]c6ccccc56)[C@@]43C)O[C@@H]2C(C)(C)O1. The van der Waals surface area contributed by atoms with Crippen molar-refractivity contribution >= 4 is 10.9 Å². The first-order chi connectivity index (χ1) is 18.4. The van der Waals surface area contributed by atoms with Gasteiger partial charge in [-0.05, 0) is 75.0 Å². The number of allylic oxidation sites excluding steroid dienone is 1. The van der Waals surface area contributed by atoms with Crippen LogP contribution in [0.25, 0.3) is 10.9 Å². The van der Waals surface area contributed by atoms with Gasteiger partial charge in [-0.1, -0.05) is 45.9 Å². The van der Waals surface area contributed by atoms with Crippen LogP contribution in [-0.4, -0.2) is 51.5 Å². The second-order valence-electron chi connectivity index (χ2n) is 15.4. The Morgan fingerprint density at radius 2 is 1.77 bits per heavy atom. The smallest absolute Gasteiger partial charge is 0.183 e. The zero-order valence-corrected chi connectivity index (χ0v) is 24.0. The molecule has 9 rings (SSSR count). The van der Waals surface area contributed by atoms with Crippen molar-refractivity contribution < 1.29 is 24.1 Å². The van der Waals surface area contributed by atoms with Crippen LogP contribution in [-0.2, 0) is 30.8 Å². The van der Waals surface area contributed by atoms with E-state index < -0.39 is 22.2 Å². The molecule has 39 heavy (non-hydrogen) atoms. The summed E-state index contributed by atoms with van der Waals surface area (Å²) in [5.74, 6) is 1.66. The van der Waals surface area contributed by atoms with Crippen molar-refractivity contribution in [3.63, 3.8) is 0 Å². The van der Waals surface area contributed by atoms with Crippen LogP contribution in [0.15, 0.2) is 36.1 Å². The Morgan fingerprint density at radius 3 is 2.54 bits per heavy atom. The fourth-order valence-electron chi connectivity index (χ4n) is 10.2. The number of ether oxygens (including phenoxy) is 4. The summed E-state index contributed by atoms with van der Waals surface area (Å²) >= 11 is 0. The fraction of sp³-hybridized carbons (Fsp3) is 0.697. The van der Waals surface area contributed by atoms with E-state index in [1.807, 2.05) is 0 Å². The van der Waals surface area contributed by atoms with E-state index in [-0.39, 0.29) is 35.4 Å². The summed E-state index contributed by atoms with van der Waals surface area (Å²) in [5.41, 5.74) is 1.10. The second-order valence-corrected chi connectivity index (χ2v) is 15.4. The van der Waals surface area contributed by atoms with E-state index in [1.165, 1.54) is 22.2 Å². The van der Waals surface area contributed by atoms with Gasteiger partial charge in [0.05, 0.1) is 0 Å². The number of aromatic amines is 1. The number of hydrogen-bond donors (Lipinski definition) is 2. The first kappa shape index (κ1) is 23.8. The number of epoxide rings is 1. The highest BCUT2D eigenvalue weighted by molar-refractivity contribution is 5.86. The average molecular weight is 532 g/mol. The lowest BCUT2D eigenvalue weighted by Crippen LogP contribution is -2.73. The van der Waals surface area contributed by atoms with Crippen molar-refractivity contribution in [3.8, 4) is 0 Å². The zero-order chi connectivity index (χ0) is 27.0. The summed E-state index contributed by atoms with van der Waals surface area (Å²) in [4.78, 5) is 3.83. The highest BCUT2D eigenvalue weighted by atomic mass is 16.8. The molecule has 6 nitrogen and oxygen atoms in total. The molecule has 1 spiro atoms. The van der Waals surface area contributed by atoms with Gasteiger partial charge in [-0.2, -0.15) is 0 Å². The van der Waals surface area contributed by atoms with Crippen LogP contribution in [0.1, 0.15) is 78.5 Å². The molecule has 4 aliphatic carbocycles. The number of hydrogen-bond acceptors (Lipinski definition) is 5. The number of aromatic nitrogens is 1. The lowest BCUT2D eigenvalue weighted by molar-refractivity contribution is -0.336. The maximum absolute atomic E-state index is 13.1. The molecule has 1 aromatic heterocycles. The molecule has 208 valence electrons. The molecular formula is C33H41NO5. The highest BCUT2D eigenvalue weighted by Gasteiger charge is 2.86. The Balaban J connectivity index is 1.15. The first-order valence-corrected chi connectivity index (χ1v) is 15.1. The van der Waals surface area contributed by atoms with Crippen molar-refractivity contribution in [2.24, 2.45) is 22.7 Å². The monoisotopic (exact) mass is 531 g/mol. The summed E-state index contributed by atoms with van der Waals surface area (Å²) in [6.45, 7) is 13.5. The van der Waals surface area contributed by atoms with Gasteiger partial charge in [0.25, 0.3) is 0 Å². The van der Waals surface area contributed by atoms with Crippen molar-refractivity contribution in [1.82, 2.24) is 4.98 Å². The number of fused-ring (bicyclic) bond motifs is 9. The van der Waals surface area contributed by atoms with Crippen molar-refractivity contribution in [2.45, 2.75) is 120 Å². The van der Waals surface area contributed by atoms with Gasteiger partial charge in [0.15, 0.2) is 18.0 Å². The van der Waals surface area contributed by atoms with Crippen molar-refractivity contribution in [3.05, 3.63) is 47.4 Å². The van der Waals surface area contributed by atoms with Gasteiger partial charge in [-0.25, -0.2) is 0 Å². The predicted octanol–water partition coefficient (Wildman–Crippen LogP) is 5.52. The number of H-pyrrole nitrogens is 1. The normalized spacial score (nSPS) is 51.3. The van der Waals surface area contributed by atoms with E-state index in [2.05, 4.69) is 76.9 Å². The van der Waals surface area contributed by atoms with Gasteiger partial charge in [0.1, 0.15) is 29.2 Å². The molecule has 4 heterocycles. The third-order valence-corrected chi connectivity index (χ3v) is 13.0. The lowest BCUT2D eigenvalue weighted by Gasteiger charge is -2.64. The maximum atomic E-state index is 13.1. The largest absolute Gasteiger partial charge is 0.486 e. The van der Waals surface area contributed by atoms with E-state index in [0.717, 1.165) is 31.4 Å². The number of aliphatic hydroxyl groups is 1. The van der Waals surface area contributed by atoms with Crippen LogP contribution in [0.2, 0.25) is 0 Å². The summed E-state index contributed by atoms with van der Waals surface area (Å²) in [7, 11) is 0. The first-order valence-electron chi connectivity index (χ1n) is 15.1. The Kier molecular flexibility index (Phi) is 4.04. The minimum atomic E-state index is -1.07. The fourth-order valence-corrected chi connectivity index (χ4v) is 10.2. The van der Waals surface area contributed by atoms with Crippen LogP contribution in [0.3, 0.4) is 0 Å². The van der Waals surface area contributed by atoms with Gasteiger partial charge in [0.2, 0.25) is 0 Å². The lowest BCUT2D eigenvalue weighted by atomic mass is 9.42. The van der Waals surface area contributed by atoms with Gasteiger partial charge < -0.3 is 29.0 Å². The van der Waals surface area contributed by atoms with Crippen LogP contribution < -0.4 is 0 Å². The molecule has 2 saturated carbocycles. The molecule has 10 atom stereocenters. The van der Waals surface area contributed by atoms with Crippen molar-refractivity contribution in [2.75, 3.05) is 0 Å². The van der Waals surface area contributed by atoms with E-state index in [9.17, 15) is 5.11 Å². The average Bonchev–Trinajstić information content (AvgIpc) is 3.71. The van der Waals surface area contributed by atoms with Crippen LogP contribution in [0.4, 0.5) is 0 Å². The molecule has 5 fully saturated rings. The van der Waals surface area contributed by atoms with Gasteiger partial charge in [-0.3, -0.25) is 0 Å². The maximum Gasteiger partial charge on any atom is 0.183 e. The predicted molar refractivity (Wildman–Crippen MR) is 146 cm³/mol. The van der Waals surface area contributed by atoms with Crippen LogP contribution in [0.5, 0.6) is 0 Å². The molecule has 0 amide bonds. The molecule has 3 saturated heterocycles. The molecule has 3 aliphatic heterocycles. The molecule has 2 N–H and O–H groups in total. The van der Waals surface area contributed by atoms with E-state index in [0.29, 0.717) is 18.3 Å². The third kappa shape index (κ3) is 2.45. The Morgan fingerprint density at radius 1 is 1.00 bits per heavy atom. The Bertz CT molecular complexity index is 1470. The number of para-hydroxylation sites is 1. The summed E-state index contributed by atoms with van der Waals surface area (Å²) in [6, 6.07) is 8.66. The van der Waals surface area contributed by atoms with Gasteiger partial charge >= 0.3 is 0 Å². The number of rotatable bonds is 1. The third-order valence-electron chi connectivity index (χ3n) is 13.0. The molecule has 1 aromatic carbocycles. The number of benzene rings is 1. The molecule has 0 radical (unpaired) electrons. The topological polar surface area (TPSA) is 76.2 Å². The molecule has 6 heteroatoms. The quantitative estimate of drug-likeness (QED) is 0.474. The Labute approximate surface area is 230 Å². The van der Waals surface area contributed by atoms with Crippen molar-refractivity contribution in [1.29, 1.82) is 0 Å². The highest BCUT2D eigenvalue weighted by Crippen LogP contribution is 2.75. The van der Waals surface area contributed by atoms with Gasteiger partial charge in [0, 0.05) is 33.3 Å². The molecule has 1 unspecified atom stereocenters. The minimum Gasteiger partial charge on any atom is -0.486 e. The van der Waals surface area contributed by atoms with E-state index in [4.69, 9.17) is 18.9 Å². The molecule has 7 aliphatic rings. The minimum absolute atomic E-state index is 0.213. The summed E-state index contributed by atoms with van der Waals surface area (Å²) in [5, 5.41) is 14.4. The Hall–Kier alpha value is -1.86. The van der Waals surface area contributed by atoms with Crippen LogP contribution >= 0.6 is 0 Å². The molecular weight excluding hydrogens is 490 g/mol. The summed E-state index contributed by atoms with van der Waals surface area (Å²) in [6.07, 6.45) is 5.78.